The number of amides is 1. The molecule has 0 aromatic heterocycles. The number of hydrogen-bond acceptors (Lipinski definition) is 3. The summed E-state index contributed by atoms with van der Waals surface area (Å²) < 4.78 is 5.15. The minimum absolute atomic E-state index is 0.234. The van der Waals surface area contributed by atoms with E-state index in [4.69, 9.17) is 22.1 Å². The van der Waals surface area contributed by atoms with Gasteiger partial charge in [-0.1, -0.05) is 29.8 Å². The minimum atomic E-state index is -0.234. The Morgan fingerprint density at radius 2 is 2.05 bits per heavy atom. The number of rotatable bonds is 4. The van der Waals surface area contributed by atoms with Gasteiger partial charge in [-0.05, 0) is 29.8 Å². The molecule has 104 valence electrons. The Morgan fingerprint density at radius 1 is 1.30 bits per heavy atom. The van der Waals surface area contributed by atoms with Crippen LogP contribution in [0.1, 0.15) is 15.9 Å². The first kappa shape index (κ1) is 14.2. The summed E-state index contributed by atoms with van der Waals surface area (Å²) in [5.74, 6) is 0.206. The highest BCUT2D eigenvalue weighted by atomic mass is 35.5. The SMILES string of the molecule is COc1cc(Cl)ccc1C(=O)NCc1ccccc1N. The number of ether oxygens (including phenoxy) is 1. The van der Waals surface area contributed by atoms with Gasteiger partial charge in [0.1, 0.15) is 5.75 Å². The molecule has 0 aliphatic heterocycles. The van der Waals surface area contributed by atoms with Crippen LogP contribution >= 0.6 is 11.6 Å². The van der Waals surface area contributed by atoms with Crippen LogP contribution in [0.25, 0.3) is 0 Å². The van der Waals surface area contributed by atoms with E-state index in [1.807, 2.05) is 18.2 Å². The average Bonchev–Trinajstić information content (AvgIpc) is 2.46. The van der Waals surface area contributed by atoms with Gasteiger partial charge in [0.15, 0.2) is 0 Å². The Hall–Kier alpha value is -2.20. The molecule has 2 rings (SSSR count). The third-order valence-corrected chi connectivity index (χ3v) is 3.14. The zero-order valence-electron chi connectivity index (χ0n) is 11.0. The Labute approximate surface area is 122 Å². The number of halogens is 1. The number of nitrogens with one attached hydrogen (secondary N) is 1. The summed E-state index contributed by atoms with van der Waals surface area (Å²) in [6.45, 7) is 0.358. The first-order valence-electron chi connectivity index (χ1n) is 6.07. The van der Waals surface area contributed by atoms with Gasteiger partial charge in [0.25, 0.3) is 5.91 Å². The standard InChI is InChI=1S/C15H15ClN2O2/c1-20-14-8-11(16)6-7-12(14)15(19)18-9-10-4-2-3-5-13(10)17/h2-8H,9,17H2,1H3,(H,18,19). The second kappa shape index (κ2) is 6.30. The van der Waals surface area contributed by atoms with Crippen LogP contribution in [0, 0.1) is 0 Å². The third kappa shape index (κ3) is 3.22. The molecule has 0 radical (unpaired) electrons. The third-order valence-electron chi connectivity index (χ3n) is 2.90. The Bertz CT molecular complexity index is 629. The molecule has 5 heteroatoms. The maximum absolute atomic E-state index is 12.1. The van der Waals surface area contributed by atoms with Crippen LogP contribution in [0.15, 0.2) is 42.5 Å². The lowest BCUT2D eigenvalue weighted by Gasteiger charge is -2.10. The number of methoxy groups -OCH3 is 1. The molecule has 1 amide bonds. The predicted octanol–water partition coefficient (Wildman–Crippen LogP) is 2.86. The molecule has 2 aromatic carbocycles. The zero-order chi connectivity index (χ0) is 14.5. The fourth-order valence-electron chi connectivity index (χ4n) is 1.82. The maximum atomic E-state index is 12.1. The number of anilines is 1. The molecule has 0 fully saturated rings. The van der Waals surface area contributed by atoms with Crippen molar-refractivity contribution in [1.29, 1.82) is 0 Å². The van der Waals surface area contributed by atoms with E-state index in [1.54, 1.807) is 24.3 Å². The van der Waals surface area contributed by atoms with Crippen LogP contribution < -0.4 is 15.8 Å². The van der Waals surface area contributed by atoms with Gasteiger partial charge in [0.05, 0.1) is 12.7 Å². The van der Waals surface area contributed by atoms with Crippen LogP contribution in [-0.4, -0.2) is 13.0 Å². The number of carbonyl (C=O) groups is 1. The van der Waals surface area contributed by atoms with Gasteiger partial charge in [-0.25, -0.2) is 0 Å². The molecule has 2 aromatic rings. The Kier molecular flexibility index (Phi) is 4.48. The van der Waals surface area contributed by atoms with Gasteiger partial charge in [0.2, 0.25) is 0 Å². The smallest absolute Gasteiger partial charge is 0.255 e. The number of benzene rings is 2. The van der Waals surface area contributed by atoms with Crippen LogP contribution in [-0.2, 0) is 6.54 Å². The zero-order valence-corrected chi connectivity index (χ0v) is 11.8. The van der Waals surface area contributed by atoms with Crippen molar-refractivity contribution in [1.82, 2.24) is 5.32 Å². The summed E-state index contributed by atoms with van der Waals surface area (Å²) in [6, 6.07) is 12.3. The van der Waals surface area contributed by atoms with Gasteiger partial charge in [-0.3, -0.25) is 4.79 Å². The topological polar surface area (TPSA) is 64.3 Å². The number of nitrogen functional groups attached to an aromatic ring is 1. The molecule has 4 nitrogen and oxygen atoms in total. The fraction of sp³-hybridized carbons (Fsp3) is 0.133. The van der Waals surface area contributed by atoms with Crippen molar-refractivity contribution in [3.8, 4) is 5.75 Å². The normalized spacial score (nSPS) is 10.1. The molecule has 20 heavy (non-hydrogen) atoms. The van der Waals surface area contributed by atoms with Crippen LogP contribution in [0.3, 0.4) is 0 Å². The lowest BCUT2D eigenvalue weighted by Crippen LogP contribution is -2.23. The molecule has 0 aliphatic carbocycles. The van der Waals surface area contributed by atoms with Gasteiger partial charge in [-0.2, -0.15) is 0 Å². The van der Waals surface area contributed by atoms with E-state index in [2.05, 4.69) is 5.32 Å². The fourth-order valence-corrected chi connectivity index (χ4v) is 1.98. The largest absolute Gasteiger partial charge is 0.496 e. The molecule has 0 aliphatic rings. The van der Waals surface area contributed by atoms with Crippen LogP contribution in [0.5, 0.6) is 5.75 Å². The van der Waals surface area contributed by atoms with E-state index in [0.29, 0.717) is 28.6 Å². The molecule has 0 atom stereocenters. The summed E-state index contributed by atoms with van der Waals surface area (Å²) in [7, 11) is 1.50. The molecule has 0 heterocycles. The van der Waals surface area contributed by atoms with E-state index in [9.17, 15) is 4.79 Å². The highest BCUT2D eigenvalue weighted by Crippen LogP contribution is 2.23. The number of para-hydroxylation sites is 1. The van der Waals surface area contributed by atoms with Gasteiger partial charge < -0.3 is 15.8 Å². The highest BCUT2D eigenvalue weighted by molar-refractivity contribution is 6.30. The summed E-state index contributed by atoms with van der Waals surface area (Å²) in [5, 5.41) is 3.33. The maximum Gasteiger partial charge on any atom is 0.255 e. The molecule has 0 unspecified atom stereocenters. The highest BCUT2D eigenvalue weighted by Gasteiger charge is 2.12. The van der Waals surface area contributed by atoms with E-state index in [-0.39, 0.29) is 5.91 Å². The minimum Gasteiger partial charge on any atom is -0.496 e. The quantitative estimate of drug-likeness (QED) is 0.851. The average molecular weight is 291 g/mol. The van der Waals surface area contributed by atoms with Crippen LogP contribution in [0.2, 0.25) is 5.02 Å². The molecule has 0 saturated carbocycles. The Morgan fingerprint density at radius 3 is 2.75 bits per heavy atom. The molecule has 0 saturated heterocycles. The molecule has 0 spiro atoms. The number of nitrogens with two attached hydrogens (primary N) is 1. The molecule has 3 N–H and O–H groups in total. The predicted molar refractivity (Wildman–Crippen MR) is 80.0 cm³/mol. The van der Waals surface area contributed by atoms with E-state index in [1.165, 1.54) is 7.11 Å². The first-order valence-corrected chi connectivity index (χ1v) is 6.44. The number of carbonyl (C=O) groups excluding carboxylic acids is 1. The first-order chi connectivity index (χ1) is 9.61. The van der Waals surface area contributed by atoms with Gasteiger partial charge >= 0.3 is 0 Å². The second-order valence-electron chi connectivity index (χ2n) is 4.23. The van der Waals surface area contributed by atoms with Crippen molar-refractivity contribution >= 4 is 23.2 Å². The van der Waals surface area contributed by atoms with Crippen molar-refractivity contribution in [2.24, 2.45) is 0 Å². The second-order valence-corrected chi connectivity index (χ2v) is 4.66. The van der Waals surface area contributed by atoms with E-state index in [0.717, 1.165) is 5.56 Å². The molecular formula is C15H15ClN2O2. The van der Waals surface area contributed by atoms with Crippen molar-refractivity contribution < 1.29 is 9.53 Å². The van der Waals surface area contributed by atoms with Crippen molar-refractivity contribution in [3.05, 3.63) is 58.6 Å². The van der Waals surface area contributed by atoms with E-state index >= 15 is 0 Å². The lowest BCUT2D eigenvalue weighted by atomic mass is 10.1. The molecular weight excluding hydrogens is 276 g/mol. The summed E-state index contributed by atoms with van der Waals surface area (Å²) in [4.78, 5) is 12.1. The van der Waals surface area contributed by atoms with Crippen LogP contribution in [0.4, 0.5) is 5.69 Å². The van der Waals surface area contributed by atoms with Crippen molar-refractivity contribution in [3.63, 3.8) is 0 Å². The monoisotopic (exact) mass is 290 g/mol. The van der Waals surface area contributed by atoms with Crippen molar-refractivity contribution in [2.75, 3.05) is 12.8 Å². The molecule has 0 bridgehead atoms. The summed E-state index contributed by atoms with van der Waals surface area (Å²) in [6.07, 6.45) is 0. The van der Waals surface area contributed by atoms with E-state index < -0.39 is 0 Å². The summed E-state index contributed by atoms with van der Waals surface area (Å²) in [5.41, 5.74) is 7.78. The van der Waals surface area contributed by atoms with Gasteiger partial charge in [-0.15, -0.1) is 0 Å². The number of hydrogen-bond donors (Lipinski definition) is 2. The Balaban J connectivity index is 2.11. The van der Waals surface area contributed by atoms with Crippen molar-refractivity contribution in [2.45, 2.75) is 6.54 Å². The summed E-state index contributed by atoms with van der Waals surface area (Å²) >= 11 is 5.87. The van der Waals surface area contributed by atoms with Gasteiger partial charge in [0, 0.05) is 17.3 Å². The lowest BCUT2D eigenvalue weighted by molar-refractivity contribution is 0.0948.